The molecule has 0 spiro atoms. The molecule has 1 amide bonds. The summed E-state index contributed by atoms with van der Waals surface area (Å²) in [5.74, 6) is -0.278. The predicted octanol–water partition coefficient (Wildman–Crippen LogP) is 7.66. The minimum Gasteiger partial charge on any atom is -0.487 e. The SMILES string of the molecule is Cc1cccc(COc2c(Br)cc(C=C(C#N)C(=O)Nc3cccc(C(F)(F)F)c3)cc2Br)c1. The fraction of sp³-hybridized carbons (Fsp3) is 0.120. The van der Waals surface area contributed by atoms with E-state index in [2.05, 4.69) is 37.2 Å². The van der Waals surface area contributed by atoms with E-state index in [9.17, 15) is 23.2 Å². The van der Waals surface area contributed by atoms with Crippen molar-refractivity contribution in [1.82, 2.24) is 0 Å². The van der Waals surface area contributed by atoms with E-state index in [0.29, 0.717) is 26.9 Å². The highest BCUT2D eigenvalue weighted by atomic mass is 79.9. The molecule has 0 unspecified atom stereocenters. The minimum atomic E-state index is -4.55. The molecule has 0 fully saturated rings. The summed E-state index contributed by atoms with van der Waals surface area (Å²) in [6, 6.07) is 17.2. The molecule has 0 radical (unpaired) electrons. The van der Waals surface area contributed by atoms with Gasteiger partial charge < -0.3 is 10.1 Å². The number of nitrogens with zero attached hydrogens (tertiary/aromatic N) is 1. The van der Waals surface area contributed by atoms with Gasteiger partial charge in [-0.25, -0.2) is 0 Å². The Balaban J connectivity index is 1.78. The number of nitrogens with one attached hydrogen (secondary N) is 1. The second kappa shape index (κ2) is 10.9. The monoisotopic (exact) mass is 592 g/mol. The number of halogens is 5. The average molecular weight is 594 g/mol. The van der Waals surface area contributed by atoms with Crippen LogP contribution >= 0.6 is 31.9 Å². The third-order valence-corrected chi connectivity index (χ3v) is 5.79. The molecular weight excluding hydrogens is 577 g/mol. The summed E-state index contributed by atoms with van der Waals surface area (Å²) in [6.45, 7) is 2.34. The van der Waals surface area contributed by atoms with Crippen molar-refractivity contribution in [2.75, 3.05) is 5.32 Å². The van der Waals surface area contributed by atoms with E-state index in [1.807, 2.05) is 31.2 Å². The van der Waals surface area contributed by atoms with E-state index >= 15 is 0 Å². The van der Waals surface area contributed by atoms with Gasteiger partial charge in [-0.1, -0.05) is 35.9 Å². The van der Waals surface area contributed by atoms with Gasteiger partial charge in [0.2, 0.25) is 0 Å². The second-order valence-corrected chi connectivity index (χ2v) is 9.00. The molecule has 9 heteroatoms. The summed E-state index contributed by atoms with van der Waals surface area (Å²) in [5, 5.41) is 11.8. The fourth-order valence-electron chi connectivity index (χ4n) is 3.05. The lowest BCUT2D eigenvalue weighted by Crippen LogP contribution is -2.14. The lowest BCUT2D eigenvalue weighted by molar-refractivity contribution is -0.137. The van der Waals surface area contributed by atoms with Crippen molar-refractivity contribution in [1.29, 1.82) is 5.26 Å². The van der Waals surface area contributed by atoms with Gasteiger partial charge in [-0.15, -0.1) is 0 Å². The highest BCUT2D eigenvalue weighted by Gasteiger charge is 2.30. The van der Waals surface area contributed by atoms with Gasteiger partial charge in [0.05, 0.1) is 14.5 Å². The quantitative estimate of drug-likeness (QED) is 0.236. The summed E-state index contributed by atoms with van der Waals surface area (Å²) in [6.07, 6.45) is -3.21. The molecule has 3 aromatic carbocycles. The number of benzene rings is 3. The van der Waals surface area contributed by atoms with Crippen LogP contribution in [-0.4, -0.2) is 5.91 Å². The van der Waals surface area contributed by atoms with Crippen LogP contribution in [-0.2, 0) is 17.6 Å². The maximum atomic E-state index is 12.9. The molecule has 174 valence electrons. The van der Waals surface area contributed by atoms with Crippen LogP contribution in [0.3, 0.4) is 0 Å². The van der Waals surface area contributed by atoms with Crippen LogP contribution in [0.15, 0.2) is 75.2 Å². The topological polar surface area (TPSA) is 62.1 Å². The van der Waals surface area contributed by atoms with Gasteiger partial charge in [0.25, 0.3) is 5.91 Å². The number of amides is 1. The van der Waals surface area contributed by atoms with Crippen LogP contribution < -0.4 is 10.1 Å². The summed E-state index contributed by atoms with van der Waals surface area (Å²) in [5.41, 5.74) is 1.39. The fourth-order valence-corrected chi connectivity index (χ4v) is 4.50. The lowest BCUT2D eigenvalue weighted by Gasteiger charge is -2.12. The van der Waals surface area contributed by atoms with Crippen molar-refractivity contribution < 1.29 is 22.7 Å². The van der Waals surface area contributed by atoms with Gasteiger partial charge in [0.15, 0.2) is 0 Å². The lowest BCUT2D eigenvalue weighted by atomic mass is 10.1. The van der Waals surface area contributed by atoms with Gasteiger partial charge in [0, 0.05) is 5.69 Å². The number of anilines is 1. The highest BCUT2D eigenvalue weighted by molar-refractivity contribution is 9.11. The molecule has 0 aromatic heterocycles. The van der Waals surface area contributed by atoms with Gasteiger partial charge >= 0.3 is 6.18 Å². The first-order chi connectivity index (χ1) is 16.1. The van der Waals surface area contributed by atoms with E-state index in [1.165, 1.54) is 18.2 Å². The van der Waals surface area contributed by atoms with Gasteiger partial charge in [0.1, 0.15) is 24.0 Å². The van der Waals surface area contributed by atoms with Crippen LogP contribution in [0.25, 0.3) is 6.08 Å². The summed E-state index contributed by atoms with van der Waals surface area (Å²) < 4.78 is 45.8. The Hall–Kier alpha value is -3.09. The molecule has 4 nitrogen and oxygen atoms in total. The molecule has 3 aromatic rings. The average Bonchev–Trinajstić information content (AvgIpc) is 2.76. The molecule has 0 bridgehead atoms. The van der Waals surface area contributed by atoms with Crippen molar-refractivity contribution in [2.24, 2.45) is 0 Å². The van der Waals surface area contributed by atoms with Gasteiger partial charge in [-0.05, 0) is 86.3 Å². The van der Waals surface area contributed by atoms with Crippen LogP contribution in [0, 0.1) is 18.3 Å². The number of hydrogen-bond acceptors (Lipinski definition) is 3. The first kappa shape index (κ1) is 25.5. The molecule has 34 heavy (non-hydrogen) atoms. The third-order valence-electron chi connectivity index (χ3n) is 4.61. The first-order valence-corrected chi connectivity index (χ1v) is 11.4. The predicted molar refractivity (Wildman–Crippen MR) is 131 cm³/mol. The maximum absolute atomic E-state index is 12.9. The number of alkyl halides is 3. The smallest absolute Gasteiger partial charge is 0.416 e. The second-order valence-electron chi connectivity index (χ2n) is 7.29. The third kappa shape index (κ3) is 6.72. The van der Waals surface area contributed by atoms with Crippen LogP contribution in [0.2, 0.25) is 0 Å². The normalized spacial score (nSPS) is 11.6. The number of rotatable bonds is 6. The van der Waals surface area contributed by atoms with Crippen molar-refractivity contribution >= 4 is 49.5 Å². The van der Waals surface area contributed by atoms with Gasteiger partial charge in [-0.2, -0.15) is 18.4 Å². The zero-order valence-corrected chi connectivity index (χ0v) is 20.9. The molecular formula is C25H17Br2F3N2O2. The Bertz CT molecular complexity index is 1270. The molecule has 3 rings (SSSR count). The number of aryl methyl sites for hydroxylation is 1. The molecule has 0 aliphatic carbocycles. The number of carbonyl (C=O) groups excluding carboxylic acids is 1. The molecule has 0 heterocycles. The molecule has 1 N–H and O–H groups in total. The van der Waals surface area contributed by atoms with Crippen LogP contribution in [0.5, 0.6) is 5.75 Å². The molecule has 0 aliphatic rings. The highest BCUT2D eigenvalue weighted by Crippen LogP contribution is 2.36. The Morgan fingerprint density at radius 1 is 1.09 bits per heavy atom. The van der Waals surface area contributed by atoms with E-state index in [0.717, 1.165) is 23.3 Å². The summed E-state index contributed by atoms with van der Waals surface area (Å²) in [4.78, 5) is 12.5. The van der Waals surface area contributed by atoms with Gasteiger partial charge in [-0.3, -0.25) is 4.79 Å². The van der Waals surface area contributed by atoms with Crippen LogP contribution in [0.1, 0.15) is 22.3 Å². The van der Waals surface area contributed by atoms with Crippen molar-refractivity contribution in [3.05, 3.63) is 97.4 Å². The number of ether oxygens (including phenoxy) is 1. The van der Waals surface area contributed by atoms with Crippen LogP contribution in [0.4, 0.5) is 18.9 Å². The first-order valence-electron chi connectivity index (χ1n) is 9.84. The Kier molecular flexibility index (Phi) is 8.18. The van der Waals surface area contributed by atoms with E-state index in [-0.39, 0.29) is 11.3 Å². The zero-order valence-electron chi connectivity index (χ0n) is 17.7. The standard InChI is InChI=1S/C25H17Br2F3N2O2/c1-15-4-2-5-16(8-15)14-34-23-21(26)10-17(11-22(23)27)9-18(13-31)24(33)32-20-7-3-6-19(12-20)25(28,29)30/h2-12H,14H2,1H3,(H,32,33). The Morgan fingerprint density at radius 3 is 2.38 bits per heavy atom. The molecule has 0 saturated carbocycles. The van der Waals surface area contributed by atoms with Crippen molar-refractivity contribution in [3.8, 4) is 11.8 Å². The summed E-state index contributed by atoms with van der Waals surface area (Å²) in [7, 11) is 0. The Labute approximate surface area is 211 Å². The number of nitriles is 1. The van der Waals surface area contributed by atoms with Crippen molar-refractivity contribution in [3.63, 3.8) is 0 Å². The van der Waals surface area contributed by atoms with E-state index in [4.69, 9.17) is 4.74 Å². The molecule has 0 atom stereocenters. The van der Waals surface area contributed by atoms with Crippen molar-refractivity contribution in [2.45, 2.75) is 19.7 Å². The minimum absolute atomic E-state index is 0.0665. The molecule has 0 saturated heterocycles. The zero-order chi connectivity index (χ0) is 24.9. The number of carbonyl (C=O) groups is 1. The molecule has 0 aliphatic heterocycles. The van der Waals surface area contributed by atoms with E-state index in [1.54, 1.807) is 18.2 Å². The largest absolute Gasteiger partial charge is 0.487 e. The maximum Gasteiger partial charge on any atom is 0.416 e. The summed E-state index contributed by atoms with van der Waals surface area (Å²) >= 11 is 6.88. The van der Waals surface area contributed by atoms with E-state index < -0.39 is 17.6 Å². The number of hydrogen-bond donors (Lipinski definition) is 1. The Morgan fingerprint density at radius 2 is 1.76 bits per heavy atom.